The quantitative estimate of drug-likeness (QED) is 0.580. The van der Waals surface area contributed by atoms with Crippen LogP contribution in [-0.4, -0.2) is 44.8 Å². The second kappa shape index (κ2) is 6.71. The third kappa shape index (κ3) is 3.31. The number of aliphatic hydroxyl groups excluding tert-OH is 3. The van der Waals surface area contributed by atoms with Gasteiger partial charge in [-0.3, -0.25) is 0 Å². The van der Waals surface area contributed by atoms with Crippen molar-refractivity contribution in [2.45, 2.75) is 84.0 Å². The van der Waals surface area contributed by atoms with Crippen LogP contribution in [0.25, 0.3) is 0 Å². The van der Waals surface area contributed by atoms with E-state index in [1.165, 1.54) is 0 Å². The molecule has 0 saturated heterocycles. The lowest BCUT2D eigenvalue weighted by atomic mass is 9.44. The third-order valence-electron chi connectivity index (χ3n) is 7.39. The van der Waals surface area contributed by atoms with E-state index in [4.69, 9.17) is 5.11 Å². The van der Waals surface area contributed by atoms with E-state index in [9.17, 15) is 15.3 Å². The lowest BCUT2D eigenvalue weighted by Crippen LogP contribution is -2.60. The number of aliphatic hydroxyl groups is 4. The normalized spacial score (nSPS) is 43.1. The van der Waals surface area contributed by atoms with Gasteiger partial charge in [-0.05, 0) is 73.7 Å². The summed E-state index contributed by atoms with van der Waals surface area (Å²) in [5.41, 5.74) is -0.291. The van der Waals surface area contributed by atoms with E-state index in [1.807, 2.05) is 6.92 Å². The summed E-state index contributed by atoms with van der Waals surface area (Å²) in [5, 5.41) is 40.4. The van der Waals surface area contributed by atoms with E-state index >= 15 is 0 Å². The molecular formula is C20H36O4. The van der Waals surface area contributed by atoms with Crippen LogP contribution in [-0.2, 0) is 0 Å². The summed E-state index contributed by atoms with van der Waals surface area (Å²) in [7, 11) is 0. The topological polar surface area (TPSA) is 80.9 Å². The Morgan fingerprint density at radius 2 is 1.79 bits per heavy atom. The largest absolute Gasteiger partial charge is 0.393 e. The van der Waals surface area contributed by atoms with Crippen molar-refractivity contribution in [1.82, 2.24) is 0 Å². The average Bonchev–Trinajstić information content (AvgIpc) is 2.49. The van der Waals surface area contributed by atoms with Gasteiger partial charge < -0.3 is 20.4 Å². The summed E-state index contributed by atoms with van der Waals surface area (Å²) in [4.78, 5) is 0. The molecule has 0 unspecified atom stereocenters. The molecule has 0 aromatic heterocycles. The van der Waals surface area contributed by atoms with Gasteiger partial charge in [0.1, 0.15) is 0 Å². The van der Waals surface area contributed by atoms with E-state index in [1.54, 1.807) is 0 Å². The van der Waals surface area contributed by atoms with Gasteiger partial charge in [0.05, 0.1) is 24.4 Å². The fourth-order valence-corrected chi connectivity index (χ4v) is 5.78. The molecule has 0 aromatic rings. The summed E-state index contributed by atoms with van der Waals surface area (Å²) in [6.07, 6.45) is 3.55. The highest BCUT2D eigenvalue weighted by atomic mass is 16.3. The van der Waals surface area contributed by atoms with Crippen LogP contribution >= 0.6 is 0 Å². The Morgan fingerprint density at radius 1 is 1.17 bits per heavy atom. The van der Waals surface area contributed by atoms with Crippen LogP contribution in [0.5, 0.6) is 0 Å². The lowest BCUT2D eigenvalue weighted by molar-refractivity contribution is -0.195. The van der Waals surface area contributed by atoms with Crippen molar-refractivity contribution >= 4 is 0 Å². The number of hydrogen-bond acceptors (Lipinski definition) is 4. The molecule has 0 aromatic carbocycles. The first-order valence-corrected chi connectivity index (χ1v) is 9.34. The molecule has 0 radical (unpaired) electrons. The SMILES string of the molecule is C=C(CC[C@@H]1[C@]2(C)CC[C@H](O)C(C)(C)[C@H]2CC[C@]1(C)O)[C@H](O)CO. The molecule has 2 aliphatic carbocycles. The molecule has 4 nitrogen and oxygen atoms in total. The van der Waals surface area contributed by atoms with Crippen molar-refractivity contribution in [3.63, 3.8) is 0 Å². The minimum absolute atomic E-state index is 0.0328. The summed E-state index contributed by atoms with van der Waals surface area (Å²) in [6.45, 7) is 12.1. The van der Waals surface area contributed by atoms with E-state index in [0.717, 1.165) is 32.1 Å². The van der Waals surface area contributed by atoms with Crippen molar-refractivity contribution < 1.29 is 20.4 Å². The molecule has 140 valence electrons. The van der Waals surface area contributed by atoms with Gasteiger partial charge in [-0.15, -0.1) is 0 Å². The van der Waals surface area contributed by atoms with E-state index in [2.05, 4.69) is 27.4 Å². The molecule has 4 N–H and O–H groups in total. The second-order valence-electron chi connectivity index (χ2n) is 9.28. The van der Waals surface area contributed by atoms with Gasteiger partial charge in [-0.2, -0.15) is 0 Å². The first-order chi connectivity index (χ1) is 11.0. The van der Waals surface area contributed by atoms with Crippen LogP contribution in [0, 0.1) is 22.7 Å². The van der Waals surface area contributed by atoms with Gasteiger partial charge >= 0.3 is 0 Å². The van der Waals surface area contributed by atoms with Crippen molar-refractivity contribution in [3.8, 4) is 0 Å². The van der Waals surface area contributed by atoms with Gasteiger partial charge in [-0.25, -0.2) is 0 Å². The molecule has 0 spiro atoms. The van der Waals surface area contributed by atoms with Crippen molar-refractivity contribution in [1.29, 1.82) is 0 Å². The molecule has 2 fully saturated rings. The Bertz CT molecular complexity index is 470. The van der Waals surface area contributed by atoms with Crippen LogP contribution < -0.4 is 0 Å². The zero-order valence-electron chi connectivity index (χ0n) is 15.8. The maximum absolute atomic E-state index is 11.1. The Balaban J connectivity index is 2.24. The highest BCUT2D eigenvalue weighted by molar-refractivity contribution is 5.11. The number of hydrogen-bond donors (Lipinski definition) is 4. The highest BCUT2D eigenvalue weighted by Gasteiger charge is 2.59. The maximum atomic E-state index is 11.1. The monoisotopic (exact) mass is 340 g/mol. The third-order valence-corrected chi connectivity index (χ3v) is 7.39. The van der Waals surface area contributed by atoms with Gasteiger partial charge in [0.25, 0.3) is 0 Å². The second-order valence-corrected chi connectivity index (χ2v) is 9.28. The van der Waals surface area contributed by atoms with Crippen molar-refractivity contribution in [3.05, 3.63) is 12.2 Å². The molecule has 0 amide bonds. The van der Waals surface area contributed by atoms with Crippen LogP contribution in [0.15, 0.2) is 12.2 Å². The maximum Gasteiger partial charge on any atom is 0.0978 e. The molecule has 0 bridgehead atoms. The van der Waals surface area contributed by atoms with Crippen LogP contribution in [0.2, 0.25) is 0 Å². The first-order valence-electron chi connectivity index (χ1n) is 9.34. The number of rotatable bonds is 5. The van der Waals surface area contributed by atoms with E-state index < -0.39 is 11.7 Å². The predicted octanol–water partition coefficient (Wildman–Crippen LogP) is 2.64. The van der Waals surface area contributed by atoms with E-state index in [-0.39, 0.29) is 29.5 Å². The summed E-state index contributed by atoms with van der Waals surface area (Å²) < 4.78 is 0. The lowest BCUT2D eigenvalue weighted by Gasteiger charge is -2.62. The summed E-state index contributed by atoms with van der Waals surface area (Å²) >= 11 is 0. The molecule has 2 rings (SSSR count). The molecule has 4 heteroatoms. The van der Waals surface area contributed by atoms with Gasteiger partial charge in [0.2, 0.25) is 0 Å². The zero-order chi connectivity index (χ0) is 18.3. The Labute approximate surface area is 146 Å². The predicted molar refractivity (Wildman–Crippen MR) is 95.4 cm³/mol. The average molecular weight is 341 g/mol. The zero-order valence-corrected chi connectivity index (χ0v) is 15.8. The molecule has 0 aliphatic heterocycles. The standard InChI is InChI=1S/C20H36O4/c1-13(14(22)12-21)6-7-16-19(4)10-9-17(23)18(2,3)15(19)8-11-20(16,5)24/h14-17,21-24H,1,6-12H2,2-5H3/t14-,15-,16-,17+,19-,20+/m1/s1. The van der Waals surface area contributed by atoms with Gasteiger partial charge in [0.15, 0.2) is 0 Å². The minimum Gasteiger partial charge on any atom is -0.393 e. The van der Waals surface area contributed by atoms with Crippen molar-refractivity contribution in [2.24, 2.45) is 22.7 Å². The molecular weight excluding hydrogens is 304 g/mol. The Hall–Kier alpha value is -0.420. The van der Waals surface area contributed by atoms with Crippen LogP contribution in [0.4, 0.5) is 0 Å². The Morgan fingerprint density at radius 3 is 2.38 bits per heavy atom. The smallest absolute Gasteiger partial charge is 0.0978 e. The number of fused-ring (bicyclic) bond motifs is 1. The highest BCUT2D eigenvalue weighted by Crippen LogP contribution is 2.63. The summed E-state index contributed by atoms with van der Waals surface area (Å²) in [6, 6.07) is 0. The van der Waals surface area contributed by atoms with Gasteiger partial charge in [-0.1, -0.05) is 27.4 Å². The van der Waals surface area contributed by atoms with Crippen LogP contribution in [0.3, 0.4) is 0 Å². The molecule has 2 saturated carbocycles. The fourth-order valence-electron chi connectivity index (χ4n) is 5.78. The Kier molecular flexibility index (Phi) is 5.57. The molecule has 0 heterocycles. The molecule has 6 atom stereocenters. The van der Waals surface area contributed by atoms with Crippen molar-refractivity contribution in [2.75, 3.05) is 6.61 Å². The minimum atomic E-state index is -0.883. The fraction of sp³-hybridized carbons (Fsp3) is 0.900. The molecule has 24 heavy (non-hydrogen) atoms. The van der Waals surface area contributed by atoms with Gasteiger partial charge in [0, 0.05) is 0 Å². The first kappa shape index (κ1) is 19.9. The van der Waals surface area contributed by atoms with Crippen LogP contribution in [0.1, 0.15) is 66.2 Å². The van der Waals surface area contributed by atoms with E-state index in [0.29, 0.717) is 17.9 Å². The molecule has 2 aliphatic rings. The summed E-state index contributed by atoms with van der Waals surface area (Å²) in [5.74, 6) is 0.466.